The second kappa shape index (κ2) is 12.3. The summed E-state index contributed by atoms with van der Waals surface area (Å²) in [6.45, 7) is 0. The van der Waals surface area contributed by atoms with Gasteiger partial charge in [0.25, 0.3) is 17.1 Å². The van der Waals surface area contributed by atoms with Gasteiger partial charge in [0.05, 0.1) is 47.7 Å². The van der Waals surface area contributed by atoms with E-state index >= 15 is 0 Å². The number of non-ortho nitro benzene ring substituents is 3. The molecule has 45 heavy (non-hydrogen) atoms. The number of ether oxygens (including phenoxy) is 3. The molecule has 0 saturated heterocycles. The monoisotopic (exact) mass is 624 g/mol. The fourth-order valence-corrected chi connectivity index (χ4v) is 3.65. The van der Waals surface area contributed by atoms with Crippen LogP contribution in [0.4, 0.5) is 34.1 Å². The molecule has 4 aromatic carbocycles. The van der Waals surface area contributed by atoms with Crippen LogP contribution in [-0.2, 0) is 0 Å². The summed E-state index contributed by atoms with van der Waals surface area (Å²) < 4.78 is 16.9. The summed E-state index contributed by atoms with van der Waals surface area (Å²) in [5.74, 6) is -3.37. The first-order valence-corrected chi connectivity index (χ1v) is 11.7. The fraction of sp³-hybridized carbons (Fsp3) is 0. The summed E-state index contributed by atoms with van der Waals surface area (Å²) in [6.07, 6.45) is 0. The predicted molar refractivity (Wildman–Crippen MR) is 146 cm³/mol. The third-order valence-electron chi connectivity index (χ3n) is 5.64. The van der Waals surface area contributed by atoms with Crippen molar-refractivity contribution in [3.05, 3.63) is 133 Å². The summed E-state index contributed by atoms with van der Waals surface area (Å²) in [6, 6.07) is 10.4. The van der Waals surface area contributed by atoms with Gasteiger partial charge in [-0.2, -0.15) is 0 Å². The zero-order valence-corrected chi connectivity index (χ0v) is 21.7. The Kier molecular flexibility index (Phi) is 8.36. The molecule has 0 saturated carbocycles. The van der Waals surface area contributed by atoms with Crippen molar-refractivity contribution in [1.82, 2.24) is 0 Å². The van der Waals surface area contributed by atoms with E-state index in [1.54, 1.807) is 0 Å². The van der Waals surface area contributed by atoms with Gasteiger partial charge in [0.15, 0.2) is 11.5 Å². The van der Waals surface area contributed by atoms with Crippen LogP contribution in [0, 0.1) is 60.7 Å². The van der Waals surface area contributed by atoms with Gasteiger partial charge < -0.3 is 14.2 Å². The highest BCUT2D eigenvalue weighted by Gasteiger charge is 2.28. The minimum atomic E-state index is -1.02. The molecule has 21 heteroatoms. The molecule has 21 nitrogen and oxygen atoms in total. The average molecular weight is 624 g/mol. The van der Waals surface area contributed by atoms with Crippen LogP contribution in [0.25, 0.3) is 0 Å². The molecule has 0 aliphatic heterocycles. The minimum absolute atomic E-state index is 0.485. The van der Waals surface area contributed by atoms with Crippen molar-refractivity contribution in [2.24, 2.45) is 0 Å². The van der Waals surface area contributed by atoms with E-state index in [2.05, 4.69) is 0 Å². The molecule has 0 heterocycles. The number of para-hydroxylation sites is 1. The average Bonchev–Trinajstić information content (AvgIpc) is 2.98. The van der Waals surface area contributed by atoms with Crippen molar-refractivity contribution >= 4 is 34.1 Å². The fourth-order valence-electron chi connectivity index (χ4n) is 3.65. The van der Waals surface area contributed by atoms with E-state index in [-0.39, 0.29) is 0 Å². The summed E-state index contributed by atoms with van der Waals surface area (Å²) >= 11 is 0. The zero-order valence-electron chi connectivity index (χ0n) is 21.7. The topological polar surface area (TPSA) is 287 Å². The normalized spacial score (nSPS) is 10.4. The Labute approximate surface area is 246 Å². The van der Waals surface area contributed by atoms with E-state index in [0.717, 1.165) is 48.5 Å². The van der Waals surface area contributed by atoms with Crippen LogP contribution in [0.15, 0.2) is 72.8 Å². The van der Waals surface area contributed by atoms with Crippen molar-refractivity contribution in [2.75, 3.05) is 0 Å². The van der Waals surface area contributed by atoms with E-state index in [4.69, 9.17) is 14.2 Å². The molecule has 0 amide bonds. The molecule has 0 spiro atoms. The highest BCUT2D eigenvalue weighted by atomic mass is 16.7. The standard InChI is InChI=1S/C24H12N6O15/c31-25(32)13-4-7-19(16(10-13)28(37)38)43-22-2-1-3-23(44-20-8-5-14(26(33)34)11-17(20)29(39)40)24(22)45-21-9-6-15(27(35)36)12-18(21)30(41)42/h1-12H. The number of nitrogens with zero attached hydrogens (tertiary/aromatic N) is 6. The van der Waals surface area contributed by atoms with E-state index in [1.165, 1.54) is 6.07 Å². The Morgan fingerprint density at radius 3 is 0.978 bits per heavy atom. The van der Waals surface area contributed by atoms with Crippen LogP contribution < -0.4 is 14.2 Å². The minimum Gasteiger partial charge on any atom is -0.446 e. The highest BCUT2D eigenvalue weighted by Crippen LogP contribution is 2.48. The Morgan fingerprint density at radius 1 is 0.378 bits per heavy atom. The van der Waals surface area contributed by atoms with Crippen molar-refractivity contribution in [2.45, 2.75) is 0 Å². The molecule has 0 unspecified atom stereocenters. The Hall–Kier alpha value is -7.32. The number of nitro groups is 6. The van der Waals surface area contributed by atoms with Crippen molar-refractivity contribution in [3.8, 4) is 34.5 Å². The predicted octanol–water partition coefficient (Wildman–Crippen LogP) is 6.51. The highest BCUT2D eigenvalue weighted by molar-refractivity contribution is 5.63. The van der Waals surface area contributed by atoms with Gasteiger partial charge in [-0.15, -0.1) is 0 Å². The van der Waals surface area contributed by atoms with Gasteiger partial charge in [-0.05, 0) is 30.3 Å². The lowest BCUT2D eigenvalue weighted by Gasteiger charge is -2.16. The van der Waals surface area contributed by atoms with Gasteiger partial charge in [0.2, 0.25) is 23.0 Å². The Balaban J connectivity index is 1.91. The molecule has 0 fully saturated rings. The quantitative estimate of drug-likeness (QED) is 0.120. The molecule has 4 aromatic rings. The van der Waals surface area contributed by atoms with Gasteiger partial charge in [0, 0.05) is 18.2 Å². The maximum Gasteiger partial charge on any atom is 0.318 e. The van der Waals surface area contributed by atoms with Gasteiger partial charge in [-0.25, -0.2) is 0 Å². The summed E-state index contributed by atoms with van der Waals surface area (Å²) in [5.41, 5.74) is -4.68. The van der Waals surface area contributed by atoms with Crippen LogP contribution >= 0.6 is 0 Å². The first-order chi connectivity index (χ1) is 21.3. The van der Waals surface area contributed by atoms with Crippen molar-refractivity contribution in [3.63, 3.8) is 0 Å². The third kappa shape index (κ3) is 6.61. The zero-order chi connectivity index (χ0) is 33.0. The maximum absolute atomic E-state index is 11.7. The third-order valence-corrected chi connectivity index (χ3v) is 5.64. The number of nitro benzene ring substituents is 6. The van der Waals surface area contributed by atoms with Crippen LogP contribution in [0.3, 0.4) is 0 Å². The van der Waals surface area contributed by atoms with Crippen LogP contribution in [0.2, 0.25) is 0 Å². The lowest BCUT2D eigenvalue weighted by atomic mass is 10.2. The molecular weight excluding hydrogens is 612 g/mol. The van der Waals surface area contributed by atoms with E-state index in [1.807, 2.05) is 0 Å². The van der Waals surface area contributed by atoms with Gasteiger partial charge in [0.1, 0.15) is 0 Å². The first kappa shape index (κ1) is 30.6. The van der Waals surface area contributed by atoms with E-state index < -0.39 is 98.2 Å². The SMILES string of the molecule is O=[N+]([O-])c1ccc(Oc2cccc(Oc3ccc([N+](=O)[O-])cc3[N+](=O)[O-])c2Oc2ccc([N+](=O)[O-])cc2[N+](=O)[O-])c([N+](=O)[O-])c1. The Bertz CT molecular complexity index is 1830. The van der Waals surface area contributed by atoms with Crippen molar-refractivity contribution < 1.29 is 43.8 Å². The number of hydrogen-bond acceptors (Lipinski definition) is 15. The second-order valence-corrected chi connectivity index (χ2v) is 8.39. The summed E-state index contributed by atoms with van der Waals surface area (Å²) in [5, 5.41) is 68.5. The molecule has 0 atom stereocenters. The van der Waals surface area contributed by atoms with Crippen LogP contribution in [-0.4, -0.2) is 29.5 Å². The van der Waals surface area contributed by atoms with E-state index in [9.17, 15) is 60.7 Å². The lowest BCUT2D eigenvalue weighted by Crippen LogP contribution is -2.01. The van der Waals surface area contributed by atoms with Crippen LogP contribution in [0.1, 0.15) is 0 Å². The van der Waals surface area contributed by atoms with Crippen LogP contribution in [0.5, 0.6) is 34.5 Å². The molecule has 228 valence electrons. The molecule has 0 radical (unpaired) electrons. The summed E-state index contributed by atoms with van der Waals surface area (Å²) in [4.78, 5) is 62.8. The molecule has 4 rings (SSSR count). The molecule has 0 aromatic heterocycles. The number of rotatable bonds is 12. The smallest absolute Gasteiger partial charge is 0.318 e. The number of hydrogen-bond donors (Lipinski definition) is 0. The second-order valence-electron chi connectivity index (χ2n) is 8.39. The number of benzene rings is 4. The largest absolute Gasteiger partial charge is 0.446 e. The molecule has 0 aliphatic rings. The first-order valence-electron chi connectivity index (χ1n) is 11.7. The molecule has 0 aliphatic carbocycles. The summed E-state index contributed by atoms with van der Waals surface area (Å²) in [7, 11) is 0. The lowest BCUT2D eigenvalue weighted by molar-refractivity contribution is -0.395. The van der Waals surface area contributed by atoms with Crippen molar-refractivity contribution in [1.29, 1.82) is 0 Å². The Morgan fingerprint density at radius 2 is 0.689 bits per heavy atom. The van der Waals surface area contributed by atoms with E-state index in [0.29, 0.717) is 18.2 Å². The molecule has 0 N–H and O–H groups in total. The van der Waals surface area contributed by atoms with Gasteiger partial charge in [-0.3, -0.25) is 60.7 Å². The maximum atomic E-state index is 11.7. The molecule has 0 bridgehead atoms. The van der Waals surface area contributed by atoms with Gasteiger partial charge in [-0.1, -0.05) is 6.07 Å². The molecular formula is C24H12N6O15. The van der Waals surface area contributed by atoms with Gasteiger partial charge >= 0.3 is 17.1 Å².